The van der Waals surface area contributed by atoms with Crippen molar-refractivity contribution in [1.82, 2.24) is 0 Å². The average Bonchev–Trinajstić information content (AvgIpc) is 2.48. The van der Waals surface area contributed by atoms with Gasteiger partial charge in [0.05, 0.1) is 5.75 Å². The summed E-state index contributed by atoms with van der Waals surface area (Å²) in [5.41, 5.74) is 5.15. The molecule has 1 aliphatic rings. The van der Waals surface area contributed by atoms with Crippen LogP contribution >= 0.6 is 44.7 Å². The van der Waals surface area contributed by atoms with E-state index in [0.29, 0.717) is 10.9 Å². The molecule has 0 saturated carbocycles. The molecule has 1 unspecified atom stereocenters. The number of hydrogen-bond donors (Lipinski definition) is 2. The lowest BCUT2D eigenvalue weighted by Gasteiger charge is -2.18. The number of aliphatic hydroxyl groups is 1. The van der Waals surface area contributed by atoms with Crippen molar-refractivity contribution in [3.05, 3.63) is 34.3 Å². The third-order valence-electron chi connectivity index (χ3n) is 2.02. The highest BCUT2D eigenvalue weighted by Gasteiger charge is 2.33. The molecule has 1 atom stereocenters. The van der Waals surface area contributed by atoms with Crippen molar-refractivity contribution in [1.29, 1.82) is 0 Å². The third-order valence-corrected chi connectivity index (χ3v) is 3.49. The van der Waals surface area contributed by atoms with Crippen LogP contribution in [0, 0.1) is 0 Å². The second kappa shape index (κ2) is 4.86. The number of thioether (sulfide) groups is 1. The Morgan fingerprint density at radius 1 is 1.40 bits per heavy atom. The number of nitrogens with zero attached hydrogens (tertiary/aromatic N) is 1. The van der Waals surface area contributed by atoms with Gasteiger partial charge in [0.1, 0.15) is 0 Å². The predicted molar refractivity (Wildman–Crippen MR) is 72.4 cm³/mol. The molecule has 6 heteroatoms. The Kier molecular flexibility index (Phi) is 4.22. The van der Waals surface area contributed by atoms with Gasteiger partial charge < -0.3 is 10.8 Å². The molecule has 2 rings (SSSR count). The molecule has 0 saturated heterocycles. The zero-order chi connectivity index (χ0) is 10.2. The van der Waals surface area contributed by atoms with Gasteiger partial charge in [0, 0.05) is 10.0 Å². The number of hydrogen-bond acceptors (Lipinski definition) is 4. The number of aliphatic imine (C=N–C) groups is 1. The number of rotatable bonds is 1. The van der Waals surface area contributed by atoms with E-state index in [-0.39, 0.29) is 17.0 Å². The first-order valence-corrected chi connectivity index (χ1v) is 5.84. The van der Waals surface area contributed by atoms with Crippen molar-refractivity contribution in [3.8, 4) is 0 Å². The summed E-state index contributed by atoms with van der Waals surface area (Å²) in [4.78, 5) is 4.02. The first-order valence-electron chi connectivity index (χ1n) is 4.07. The summed E-state index contributed by atoms with van der Waals surface area (Å²) < 4.78 is 0.979. The van der Waals surface area contributed by atoms with Gasteiger partial charge in [-0.3, -0.25) is 0 Å². The van der Waals surface area contributed by atoms with Gasteiger partial charge in [-0.15, -0.1) is 17.0 Å². The van der Waals surface area contributed by atoms with Crippen LogP contribution in [-0.4, -0.2) is 16.0 Å². The fraction of sp³-hybridized carbons (Fsp3) is 0.222. The van der Waals surface area contributed by atoms with Gasteiger partial charge in [0.2, 0.25) is 0 Å². The summed E-state index contributed by atoms with van der Waals surface area (Å²) >= 11 is 4.71. The standard InChI is InChI=1S/C9H9BrN2OS.BrH/c10-7-3-1-6(2-4-7)9(13)5-14-8(11)12-9;/h1-4,13H,5H2,(H2,11,12);1H. The Morgan fingerprint density at radius 2 is 2.00 bits per heavy atom. The molecule has 3 N–H and O–H groups in total. The number of halogens is 2. The Labute approximate surface area is 111 Å². The predicted octanol–water partition coefficient (Wildman–Crippen LogP) is 2.23. The van der Waals surface area contributed by atoms with Gasteiger partial charge >= 0.3 is 0 Å². The SMILES string of the molecule is Br.NC1=NC(O)(c2ccc(Br)cc2)CS1. The van der Waals surface area contributed by atoms with Crippen molar-refractivity contribution >= 4 is 49.8 Å². The number of amidine groups is 1. The zero-order valence-corrected chi connectivity index (χ0v) is 11.8. The van der Waals surface area contributed by atoms with Gasteiger partial charge in [0.15, 0.2) is 10.9 Å². The molecule has 0 aliphatic carbocycles. The van der Waals surface area contributed by atoms with E-state index in [1.807, 2.05) is 24.3 Å². The molecule has 0 spiro atoms. The quantitative estimate of drug-likeness (QED) is 0.813. The zero-order valence-electron chi connectivity index (χ0n) is 7.68. The number of nitrogens with two attached hydrogens (primary N) is 1. The Bertz CT molecular complexity index is 382. The topological polar surface area (TPSA) is 58.6 Å². The normalized spacial score (nSPS) is 24.5. The molecular weight excluding hydrogens is 344 g/mol. The molecule has 0 bridgehead atoms. The van der Waals surface area contributed by atoms with Crippen molar-refractivity contribution < 1.29 is 5.11 Å². The maximum absolute atomic E-state index is 10.1. The molecule has 15 heavy (non-hydrogen) atoms. The maximum atomic E-state index is 10.1. The monoisotopic (exact) mass is 352 g/mol. The van der Waals surface area contributed by atoms with Crippen LogP contribution in [0.1, 0.15) is 5.56 Å². The highest BCUT2D eigenvalue weighted by molar-refractivity contribution is 9.10. The second-order valence-electron chi connectivity index (χ2n) is 3.06. The van der Waals surface area contributed by atoms with Crippen molar-refractivity contribution in [2.75, 3.05) is 5.75 Å². The van der Waals surface area contributed by atoms with E-state index in [0.717, 1.165) is 10.0 Å². The fourth-order valence-corrected chi connectivity index (χ4v) is 2.35. The molecule has 1 heterocycles. The summed E-state index contributed by atoms with van der Waals surface area (Å²) in [6.45, 7) is 0. The second-order valence-corrected chi connectivity index (χ2v) is 4.97. The molecule has 82 valence electrons. The van der Waals surface area contributed by atoms with Crippen LogP contribution in [0.3, 0.4) is 0 Å². The van der Waals surface area contributed by atoms with E-state index >= 15 is 0 Å². The van der Waals surface area contributed by atoms with Gasteiger partial charge in [-0.25, -0.2) is 4.99 Å². The van der Waals surface area contributed by atoms with Crippen LogP contribution in [0.4, 0.5) is 0 Å². The van der Waals surface area contributed by atoms with E-state index in [1.165, 1.54) is 11.8 Å². The van der Waals surface area contributed by atoms with Crippen molar-refractivity contribution in [2.24, 2.45) is 10.7 Å². The van der Waals surface area contributed by atoms with Crippen LogP contribution in [0.5, 0.6) is 0 Å². The molecule has 0 fully saturated rings. The maximum Gasteiger partial charge on any atom is 0.194 e. The molecule has 3 nitrogen and oxygen atoms in total. The first-order chi connectivity index (χ1) is 6.60. The van der Waals surface area contributed by atoms with Gasteiger partial charge in [0.25, 0.3) is 0 Å². The summed E-state index contributed by atoms with van der Waals surface area (Å²) in [6, 6.07) is 7.43. The summed E-state index contributed by atoms with van der Waals surface area (Å²) in [7, 11) is 0. The smallest absolute Gasteiger partial charge is 0.194 e. The van der Waals surface area contributed by atoms with Gasteiger partial charge in [-0.2, -0.15) is 0 Å². The van der Waals surface area contributed by atoms with Gasteiger partial charge in [-0.05, 0) is 12.1 Å². The Balaban J connectivity index is 0.00000112. The largest absolute Gasteiger partial charge is 0.378 e. The molecule has 0 radical (unpaired) electrons. The molecular formula is C9H10Br2N2OS. The van der Waals surface area contributed by atoms with Crippen molar-refractivity contribution in [3.63, 3.8) is 0 Å². The molecule has 1 aliphatic heterocycles. The molecule has 1 aromatic rings. The summed E-state index contributed by atoms with van der Waals surface area (Å²) in [5, 5.41) is 10.6. The fourth-order valence-electron chi connectivity index (χ4n) is 1.29. The van der Waals surface area contributed by atoms with E-state index < -0.39 is 5.72 Å². The van der Waals surface area contributed by atoms with Crippen LogP contribution < -0.4 is 5.73 Å². The lowest BCUT2D eigenvalue weighted by atomic mass is 10.1. The summed E-state index contributed by atoms with van der Waals surface area (Å²) in [5.74, 6) is 0.487. The minimum Gasteiger partial charge on any atom is -0.378 e. The van der Waals surface area contributed by atoms with E-state index in [1.54, 1.807) is 0 Å². The summed E-state index contributed by atoms with van der Waals surface area (Å²) in [6.07, 6.45) is 0. The third kappa shape index (κ3) is 2.75. The van der Waals surface area contributed by atoms with E-state index in [2.05, 4.69) is 20.9 Å². The van der Waals surface area contributed by atoms with Crippen LogP contribution in [0.2, 0.25) is 0 Å². The average molecular weight is 354 g/mol. The van der Waals surface area contributed by atoms with Crippen LogP contribution in [0.25, 0.3) is 0 Å². The van der Waals surface area contributed by atoms with Crippen LogP contribution in [-0.2, 0) is 5.72 Å². The van der Waals surface area contributed by atoms with E-state index in [4.69, 9.17) is 5.73 Å². The highest BCUT2D eigenvalue weighted by Crippen LogP contribution is 2.33. The highest BCUT2D eigenvalue weighted by atomic mass is 79.9. The van der Waals surface area contributed by atoms with Crippen LogP contribution in [0.15, 0.2) is 33.7 Å². The van der Waals surface area contributed by atoms with Gasteiger partial charge in [-0.1, -0.05) is 39.8 Å². The molecule has 0 aromatic heterocycles. The van der Waals surface area contributed by atoms with E-state index in [9.17, 15) is 5.11 Å². The Morgan fingerprint density at radius 3 is 2.47 bits per heavy atom. The lowest BCUT2D eigenvalue weighted by Crippen LogP contribution is -2.23. The molecule has 0 amide bonds. The number of benzene rings is 1. The van der Waals surface area contributed by atoms with Crippen molar-refractivity contribution in [2.45, 2.75) is 5.72 Å². The minimum atomic E-state index is -1.14. The Hall–Kier alpha value is -0.0400. The minimum absolute atomic E-state index is 0. The molecule has 1 aromatic carbocycles. The lowest BCUT2D eigenvalue weighted by molar-refractivity contribution is 0.0757. The first kappa shape index (κ1) is 13.0.